The van der Waals surface area contributed by atoms with Crippen molar-refractivity contribution in [2.24, 2.45) is 5.92 Å². The van der Waals surface area contributed by atoms with E-state index in [1.165, 1.54) is 12.5 Å². The third-order valence-corrected chi connectivity index (χ3v) is 5.86. The Hall–Kier alpha value is -4.54. The quantitative estimate of drug-likeness (QED) is 0.379. The van der Waals surface area contributed by atoms with Crippen LogP contribution < -0.4 is 15.4 Å². The van der Waals surface area contributed by atoms with E-state index >= 15 is 0 Å². The van der Waals surface area contributed by atoms with Crippen molar-refractivity contribution in [2.45, 2.75) is 18.9 Å². The standard InChI is InChI=1S/C24H20F2N6O3/c1-13-20(21-17(25)7-8-18(26)23(21)33)22(13)31-24(34)30-19-9-6-16(10-28-19)35-15-4-2-14(3-5-15)32-12-27-11-29-32/h2-13,20,22,33H,1H3,(H2,28,30,31,34)/t13-,20-,22-/m1/s1. The van der Waals surface area contributed by atoms with Crippen LogP contribution in [0, 0.1) is 17.6 Å². The van der Waals surface area contributed by atoms with E-state index in [1.54, 1.807) is 42.2 Å². The first kappa shape index (κ1) is 22.3. The number of urea groups is 1. The van der Waals surface area contributed by atoms with Crippen molar-refractivity contribution in [1.82, 2.24) is 25.1 Å². The zero-order valence-corrected chi connectivity index (χ0v) is 18.4. The van der Waals surface area contributed by atoms with Gasteiger partial charge in [0.2, 0.25) is 0 Å². The predicted molar refractivity (Wildman–Crippen MR) is 122 cm³/mol. The number of carbonyl (C=O) groups is 1. The fourth-order valence-corrected chi connectivity index (χ4v) is 3.96. The van der Waals surface area contributed by atoms with E-state index in [9.17, 15) is 18.7 Å². The Morgan fingerprint density at radius 3 is 2.49 bits per heavy atom. The summed E-state index contributed by atoms with van der Waals surface area (Å²) in [5.74, 6) is -1.71. The van der Waals surface area contributed by atoms with Gasteiger partial charge in [0.25, 0.3) is 0 Å². The lowest BCUT2D eigenvalue weighted by molar-refractivity contribution is 0.251. The van der Waals surface area contributed by atoms with Crippen LogP contribution in [0.2, 0.25) is 0 Å². The summed E-state index contributed by atoms with van der Waals surface area (Å²) in [6.07, 6.45) is 4.50. The van der Waals surface area contributed by atoms with Crippen molar-refractivity contribution in [3.63, 3.8) is 0 Å². The third-order valence-electron chi connectivity index (χ3n) is 5.86. The van der Waals surface area contributed by atoms with E-state index in [1.807, 2.05) is 12.1 Å². The zero-order chi connectivity index (χ0) is 24.5. The number of pyridine rings is 1. The van der Waals surface area contributed by atoms with Crippen molar-refractivity contribution in [2.75, 3.05) is 5.32 Å². The number of ether oxygens (including phenoxy) is 1. The molecule has 0 saturated heterocycles. The topological polar surface area (TPSA) is 114 Å². The van der Waals surface area contributed by atoms with Crippen LogP contribution in [-0.4, -0.2) is 36.9 Å². The second kappa shape index (κ2) is 9.01. The molecular weight excluding hydrogens is 458 g/mol. The van der Waals surface area contributed by atoms with Gasteiger partial charge in [0.1, 0.15) is 35.8 Å². The Balaban J connectivity index is 1.17. The van der Waals surface area contributed by atoms with Crippen molar-refractivity contribution in [1.29, 1.82) is 0 Å². The van der Waals surface area contributed by atoms with Crippen LogP contribution in [-0.2, 0) is 0 Å². The summed E-state index contributed by atoms with van der Waals surface area (Å²) in [5, 5.41) is 19.3. The van der Waals surface area contributed by atoms with Gasteiger partial charge in [-0.1, -0.05) is 6.92 Å². The van der Waals surface area contributed by atoms with E-state index in [2.05, 4.69) is 25.7 Å². The molecule has 5 rings (SSSR count). The van der Waals surface area contributed by atoms with Gasteiger partial charge >= 0.3 is 6.03 Å². The lowest BCUT2D eigenvalue weighted by Gasteiger charge is -2.10. The van der Waals surface area contributed by atoms with Gasteiger partial charge in [-0.2, -0.15) is 5.10 Å². The highest BCUT2D eigenvalue weighted by atomic mass is 19.1. The molecule has 2 aromatic carbocycles. The highest BCUT2D eigenvalue weighted by Crippen LogP contribution is 2.51. The van der Waals surface area contributed by atoms with Gasteiger partial charge in [-0.25, -0.2) is 28.2 Å². The Bertz CT molecular complexity index is 1350. The normalized spacial score (nSPS) is 18.7. The average Bonchev–Trinajstić information content (AvgIpc) is 3.23. The molecule has 2 aromatic heterocycles. The summed E-state index contributed by atoms with van der Waals surface area (Å²) in [5.41, 5.74) is 0.706. The van der Waals surface area contributed by atoms with Gasteiger partial charge < -0.3 is 15.2 Å². The molecular formula is C24H20F2N6O3. The van der Waals surface area contributed by atoms with E-state index in [-0.39, 0.29) is 17.3 Å². The number of nitrogens with one attached hydrogen (secondary N) is 2. The first-order valence-corrected chi connectivity index (χ1v) is 10.7. The van der Waals surface area contributed by atoms with Crippen LogP contribution in [0.1, 0.15) is 18.4 Å². The summed E-state index contributed by atoms with van der Waals surface area (Å²) < 4.78 is 35.2. The Morgan fingerprint density at radius 1 is 1.06 bits per heavy atom. The largest absolute Gasteiger partial charge is 0.505 e. The minimum absolute atomic E-state index is 0.128. The number of aromatic nitrogens is 4. The first-order chi connectivity index (χ1) is 16.9. The van der Waals surface area contributed by atoms with E-state index in [0.717, 1.165) is 17.8 Å². The summed E-state index contributed by atoms with van der Waals surface area (Å²) in [4.78, 5) is 20.5. The molecule has 0 radical (unpaired) electrons. The van der Waals surface area contributed by atoms with Crippen LogP contribution >= 0.6 is 0 Å². The monoisotopic (exact) mass is 478 g/mol. The maximum absolute atomic E-state index is 14.1. The molecule has 1 aliphatic rings. The zero-order valence-electron chi connectivity index (χ0n) is 18.4. The van der Waals surface area contributed by atoms with Gasteiger partial charge in [0, 0.05) is 17.5 Å². The summed E-state index contributed by atoms with van der Waals surface area (Å²) in [6.45, 7) is 1.78. The fourth-order valence-electron chi connectivity index (χ4n) is 3.96. The van der Waals surface area contributed by atoms with Gasteiger partial charge in [0.15, 0.2) is 11.6 Å². The van der Waals surface area contributed by atoms with Gasteiger partial charge in [-0.15, -0.1) is 0 Å². The third kappa shape index (κ3) is 4.60. The molecule has 0 aliphatic heterocycles. The Labute approximate surface area is 198 Å². The number of rotatable bonds is 6. The molecule has 0 unspecified atom stereocenters. The number of carbonyl (C=O) groups excluding carboxylic acids is 1. The first-order valence-electron chi connectivity index (χ1n) is 10.7. The van der Waals surface area contributed by atoms with E-state index < -0.39 is 35.4 Å². The molecule has 0 spiro atoms. The van der Waals surface area contributed by atoms with Crippen LogP contribution in [0.3, 0.4) is 0 Å². The van der Waals surface area contributed by atoms with Gasteiger partial charge in [-0.05, 0) is 54.4 Å². The highest BCUT2D eigenvalue weighted by molar-refractivity contribution is 5.88. The Kier molecular flexibility index (Phi) is 5.73. The molecule has 1 saturated carbocycles. The van der Waals surface area contributed by atoms with Crippen molar-refractivity contribution < 1.29 is 23.4 Å². The molecule has 3 atom stereocenters. The van der Waals surface area contributed by atoms with Crippen LogP contribution in [0.5, 0.6) is 17.2 Å². The molecule has 1 fully saturated rings. The van der Waals surface area contributed by atoms with Crippen molar-refractivity contribution in [3.8, 4) is 22.9 Å². The van der Waals surface area contributed by atoms with Gasteiger partial charge in [-0.3, -0.25) is 5.32 Å². The molecule has 2 amide bonds. The predicted octanol–water partition coefficient (Wildman–Crippen LogP) is 4.36. The van der Waals surface area contributed by atoms with Crippen LogP contribution in [0.4, 0.5) is 19.4 Å². The van der Waals surface area contributed by atoms with Crippen LogP contribution in [0.15, 0.2) is 67.4 Å². The Morgan fingerprint density at radius 2 is 1.80 bits per heavy atom. The molecule has 4 aromatic rings. The molecule has 0 bridgehead atoms. The summed E-state index contributed by atoms with van der Waals surface area (Å²) >= 11 is 0. The molecule has 11 heteroatoms. The lowest BCUT2D eigenvalue weighted by Crippen LogP contribution is -2.32. The van der Waals surface area contributed by atoms with Crippen LogP contribution in [0.25, 0.3) is 5.69 Å². The minimum atomic E-state index is -0.902. The molecule has 35 heavy (non-hydrogen) atoms. The fraction of sp³-hybridized carbons (Fsp3) is 0.167. The smallest absolute Gasteiger partial charge is 0.320 e. The number of aromatic hydroxyl groups is 1. The molecule has 3 N–H and O–H groups in total. The number of phenolic OH excluding ortho intramolecular Hbond substituents is 1. The maximum atomic E-state index is 14.1. The molecule has 1 aliphatic carbocycles. The molecule has 2 heterocycles. The van der Waals surface area contributed by atoms with Crippen molar-refractivity contribution in [3.05, 3.63) is 84.6 Å². The summed E-state index contributed by atoms with van der Waals surface area (Å²) in [7, 11) is 0. The number of halogens is 2. The number of amides is 2. The number of phenols is 1. The highest BCUT2D eigenvalue weighted by Gasteiger charge is 2.51. The second-order valence-electron chi connectivity index (χ2n) is 8.12. The number of hydrogen-bond acceptors (Lipinski definition) is 6. The van der Waals surface area contributed by atoms with Gasteiger partial charge in [0.05, 0.1) is 11.9 Å². The van der Waals surface area contributed by atoms with E-state index in [4.69, 9.17) is 4.74 Å². The number of benzene rings is 2. The summed E-state index contributed by atoms with van der Waals surface area (Å²) in [6, 6.07) is 11.3. The number of nitrogens with zero attached hydrogens (tertiary/aromatic N) is 4. The lowest BCUT2D eigenvalue weighted by atomic mass is 10.1. The molecule has 178 valence electrons. The maximum Gasteiger partial charge on any atom is 0.320 e. The second-order valence-corrected chi connectivity index (χ2v) is 8.12. The minimum Gasteiger partial charge on any atom is -0.505 e. The number of hydrogen-bond donors (Lipinski definition) is 3. The average molecular weight is 478 g/mol. The molecule has 9 nitrogen and oxygen atoms in total. The van der Waals surface area contributed by atoms with E-state index in [0.29, 0.717) is 11.5 Å². The SMILES string of the molecule is C[C@H]1[C@@H](NC(=O)Nc2ccc(Oc3ccc(-n4cncn4)cc3)cn2)[C@H]1c1c(F)ccc(F)c1O. The number of anilines is 1. The van der Waals surface area contributed by atoms with Crippen molar-refractivity contribution >= 4 is 11.8 Å².